The Bertz CT molecular complexity index is 1950. The summed E-state index contributed by atoms with van der Waals surface area (Å²) in [6.45, 7) is 42.0. The zero-order valence-electron chi connectivity index (χ0n) is 51.5. The van der Waals surface area contributed by atoms with Crippen LogP contribution in [-0.4, -0.2) is 64.3 Å². The van der Waals surface area contributed by atoms with Crippen LogP contribution in [0.25, 0.3) is 0 Å². The van der Waals surface area contributed by atoms with Crippen LogP contribution in [0, 0.1) is 63.1 Å². The number of hydrogen-bond donors (Lipinski definition) is 2. The Morgan fingerprint density at radius 3 is 1.43 bits per heavy atom. The first kappa shape index (κ1) is 83.5. The summed E-state index contributed by atoms with van der Waals surface area (Å²) < 4.78 is 29.3. The second-order valence-electron chi connectivity index (χ2n) is 23.6. The number of aldehydes is 1. The van der Waals surface area contributed by atoms with Crippen LogP contribution in [0.2, 0.25) is 0 Å². The van der Waals surface area contributed by atoms with Crippen LogP contribution >= 0.6 is 0 Å². The van der Waals surface area contributed by atoms with Crippen molar-refractivity contribution in [1.29, 1.82) is 0 Å². The number of carbonyl (C=O) groups excluding carboxylic acids is 5. The van der Waals surface area contributed by atoms with Crippen molar-refractivity contribution in [2.24, 2.45) is 63.1 Å². The molecular weight excluding hydrogens is 1010 g/mol. The van der Waals surface area contributed by atoms with E-state index in [1.54, 1.807) is 27.7 Å². The van der Waals surface area contributed by atoms with Crippen LogP contribution in [0.3, 0.4) is 0 Å². The van der Waals surface area contributed by atoms with E-state index in [-0.39, 0.29) is 121 Å². The molecule has 1 saturated carbocycles. The normalized spacial score (nSPS) is 23.4. The summed E-state index contributed by atoms with van der Waals surface area (Å²) in [4.78, 5) is 54.5. The Labute approximate surface area is 523 Å². The number of carbonyl (C=O) groups is 5. The molecule has 4 unspecified atom stereocenters. The van der Waals surface area contributed by atoms with E-state index in [2.05, 4.69) is 126 Å². The molecule has 0 aromatic carbocycles. The van der Waals surface area contributed by atoms with E-state index >= 15 is 0 Å². The molecule has 3 N–H and O–H groups in total. The van der Waals surface area contributed by atoms with Crippen molar-refractivity contribution in [2.45, 2.75) is 241 Å². The Kier molecular flexibility index (Phi) is 44.5. The molecule has 75 heavy (non-hydrogen) atoms. The molecule has 0 aliphatic heterocycles. The topological polar surface area (TPSA) is 222 Å². The van der Waals surface area contributed by atoms with Gasteiger partial charge < -0.3 is 24.7 Å². The van der Waals surface area contributed by atoms with E-state index in [1.165, 1.54) is 36.0 Å². The van der Waals surface area contributed by atoms with Crippen molar-refractivity contribution in [1.82, 2.24) is 0 Å². The average Bonchev–Trinajstić information content (AvgIpc) is 3.89. The van der Waals surface area contributed by atoms with Crippen LogP contribution < -0.4 is 80.9 Å². The van der Waals surface area contributed by atoms with Crippen molar-refractivity contribution in [2.75, 3.05) is 0 Å². The van der Waals surface area contributed by atoms with Crippen LogP contribution in [0.15, 0.2) is 46.6 Å². The molecule has 0 bridgehead atoms. The standard InChI is InChI=1S/C15H26O2.C15H28O.C15H24O.C10H16O.C5H10O.K.Na.H2O5S.H2O/c1-6-13(11(3)16)14(17)9-12-8-7-10(2)15(12,4)5;2*1-6-13(12(3)16)8-10-14-9-7-11(2)15(14,4)5;1-8-4-5-9(6-7-11)10(8,2)3;1-3-4-5(2)6;;;1-5-6(2,3)4;/h7,12-14,17H,6,8-9H2,1-5H3;11,13-14H,6-10H2,1-5H3;7-8,14H,6,9-10H2,1-5H3;4,7,9H,5-6H2,1-3H3;3-4H2,1-2H3;;;1H,(H,2,3,4);1H2/q;;;;;2*+1;;/p-2/b;;13-8+;;;;;;/t12-,13?,14?;11?,13?,14-;14-;9-;;;;;/m1111...../s1. The maximum atomic E-state index is 11.4. The minimum absolute atomic E-state index is 0. The molecule has 1 fully saturated rings. The van der Waals surface area contributed by atoms with Gasteiger partial charge in [-0.25, -0.2) is 13.7 Å². The molecule has 0 aromatic rings. The Morgan fingerprint density at radius 1 is 0.747 bits per heavy atom. The fraction of sp³-hybridized carbons (Fsp3) is 0.783. The first-order valence-electron chi connectivity index (χ1n) is 27.1. The maximum absolute atomic E-state index is 11.4. The second kappa shape index (κ2) is 40.0. The molecule has 12 nitrogen and oxygen atoms in total. The predicted octanol–water partition coefficient (Wildman–Crippen LogP) is 8.80. The molecule has 0 spiro atoms. The summed E-state index contributed by atoms with van der Waals surface area (Å²) in [5.74, 6) is 4.47. The van der Waals surface area contributed by atoms with Gasteiger partial charge in [-0.1, -0.05) is 131 Å². The average molecular weight is 1110 g/mol. The predicted molar refractivity (Wildman–Crippen MR) is 297 cm³/mol. The number of Topliss-reactive ketones (excluding diaryl/α,β-unsaturated/α-hetero) is 4. The molecular formula is C60H106KNaO12S. The number of ketones is 4. The van der Waals surface area contributed by atoms with Gasteiger partial charge in [-0.2, -0.15) is 0 Å². The summed E-state index contributed by atoms with van der Waals surface area (Å²) in [5, 5.41) is 17.2. The van der Waals surface area contributed by atoms with E-state index in [1.807, 2.05) is 13.8 Å². The van der Waals surface area contributed by atoms with Crippen molar-refractivity contribution >= 4 is 39.8 Å². The van der Waals surface area contributed by atoms with Crippen LogP contribution in [0.5, 0.6) is 0 Å². The monoisotopic (exact) mass is 1110 g/mol. The van der Waals surface area contributed by atoms with Crippen molar-refractivity contribution in [3.05, 3.63) is 46.6 Å². The van der Waals surface area contributed by atoms with E-state index in [0.29, 0.717) is 46.7 Å². The van der Waals surface area contributed by atoms with Crippen LogP contribution in [-0.2, 0) is 38.7 Å². The molecule has 8 atom stereocenters. The summed E-state index contributed by atoms with van der Waals surface area (Å²) >= 11 is 0. The van der Waals surface area contributed by atoms with E-state index < -0.39 is 16.5 Å². The van der Waals surface area contributed by atoms with E-state index in [0.717, 1.165) is 94.3 Å². The molecule has 4 rings (SSSR count). The number of hydrogen-bond acceptors (Lipinski definition) is 12. The fourth-order valence-corrected chi connectivity index (χ4v) is 10.6. The Morgan fingerprint density at radius 2 is 1.17 bits per heavy atom. The van der Waals surface area contributed by atoms with Gasteiger partial charge in [0.05, 0.1) is 6.10 Å². The molecule has 0 heterocycles. The number of aliphatic hydroxyl groups excluding tert-OH is 1. The largest absolute Gasteiger partial charge is 1.00 e. The summed E-state index contributed by atoms with van der Waals surface area (Å²) in [6.07, 6.45) is 24.7. The first-order chi connectivity index (χ1) is 33.0. The SMILES string of the molecule is CC/C(=C\C[C@H]1CC=C(C)C1(C)C)C(C)=O.CC1=CC[C@H](CC=O)C1(C)C.CCC(C(C)=O)C(O)C[C@H]1CC=C(C)C1(C)C.CCC(CC[C@H]1CCC(C)C1(C)C)C(C)=O.CCCC(C)=O.O=S(=O)([O-])OO.[K+].[Na+].[OH-]. The van der Waals surface area contributed by atoms with Gasteiger partial charge in [0.1, 0.15) is 23.6 Å². The van der Waals surface area contributed by atoms with Gasteiger partial charge in [-0.15, -0.1) is 4.33 Å². The van der Waals surface area contributed by atoms with Gasteiger partial charge >= 0.3 is 80.9 Å². The van der Waals surface area contributed by atoms with E-state index in [4.69, 9.17) is 18.2 Å². The van der Waals surface area contributed by atoms with E-state index in [9.17, 15) is 29.1 Å². The fourth-order valence-electron chi connectivity index (χ4n) is 10.6. The zero-order valence-corrected chi connectivity index (χ0v) is 57.5. The van der Waals surface area contributed by atoms with Crippen LogP contribution in [0.4, 0.5) is 0 Å². The summed E-state index contributed by atoms with van der Waals surface area (Å²) in [5.41, 5.74) is 6.51. The quantitative estimate of drug-likeness (QED) is 0.0181. The second-order valence-corrected chi connectivity index (χ2v) is 24.5. The van der Waals surface area contributed by atoms with Gasteiger partial charge in [0.25, 0.3) is 0 Å². The molecule has 0 amide bonds. The number of allylic oxidation sites excluding steroid dienone is 8. The van der Waals surface area contributed by atoms with Gasteiger partial charge in [-0.3, -0.25) is 14.4 Å². The van der Waals surface area contributed by atoms with Crippen molar-refractivity contribution < 1.29 is 138 Å². The molecule has 0 saturated heterocycles. The van der Waals surface area contributed by atoms with Crippen molar-refractivity contribution in [3.8, 4) is 0 Å². The molecule has 4 aliphatic rings. The van der Waals surface area contributed by atoms with Gasteiger partial charge in [0.2, 0.25) is 10.4 Å². The number of aliphatic hydroxyl groups is 1. The van der Waals surface area contributed by atoms with Gasteiger partial charge in [0.15, 0.2) is 5.78 Å². The molecule has 426 valence electrons. The Balaban J connectivity index is -0.000000269. The minimum atomic E-state index is -4.86. The third-order valence-electron chi connectivity index (χ3n) is 17.9. The van der Waals surface area contributed by atoms with Crippen LogP contribution in [0.1, 0.15) is 235 Å². The Hall–Kier alpha value is -0.304. The summed E-state index contributed by atoms with van der Waals surface area (Å²) in [7, 11) is -4.86. The third kappa shape index (κ3) is 29.8. The van der Waals surface area contributed by atoms with Gasteiger partial charge in [-0.05, 0) is 189 Å². The smallest absolute Gasteiger partial charge is 0.870 e. The molecule has 0 radical (unpaired) electrons. The zero-order chi connectivity index (χ0) is 56.6. The van der Waals surface area contributed by atoms with Gasteiger partial charge in [0, 0.05) is 24.7 Å². The number of rotatable bonds is 19. The molecule has 15 heteroatoms. The minimum Gasteiger partial charge on any atom is -0.870 e. The summed E-state index contributed by atoms with van der Waals surface area (Å²) in [6, 6.07) is 0. The van der Waals surface area contributed by atoms with Crippen molar-refractivity contribution in [3.63, 3.8) is 0 Å². The third-order valence-corrected chi connectivity index (χ3v) is 18.1. The molecule has 0 aromatic heterocycles. The maximum Gasteiger partial charge on any atom is 1.00 e. The first-order valence-corrected chi connectivity index (χ1v) is 28.5. The molecule has 4 aliphatic carbocycles.